The van der Waals surface area contributed by atoms with E-state index in [9.17, 15) is 4.79 Å². The summed E-state index contributed by atoms with van der Waals surface area (Å²) in [6, 6.07) is 9.56. The first kappa shape index (κ1) is 16.0. The van der Waals surface area contributed by atoms with Gasteiger partial charge in [0.05, 0.1) is 11.6 Å². The number of ketones is 1. The molecule has 0 fully saturated rings. The van der Waals surface area contributed by atoms with Crippen molar-refractivity contribution in [1.29, 1.82) is 0 Å². The van der Waals surface area contributed by atoms with Crippen LogP contribution in [0.3, 0.4) is 0 Å². The van der Waals surface area contributed by atoms with Gasteiger partial charge in [0.15, 0.2) is 5.78 Å². The highest BCUT2D eigenvalue weighted by atomic mass is 16.6. The standard InChI is InChI=1S/C20H19N5O2/c1-20(2)9-13-15(14(26)10-20)17(23-19-18(22-13)24-27-25-19)12-7-3-5-11-6-4-8-21-16(11)12/h3-8,17H,9-10H2,1-2H3,(H,22,24)(H,23,25)/t17-/m0/s1. The van der Waals surface area contributed by atoms with Crippen LogP contribution < -0.4 is 10.6 Å². The molecule has 0 bridgehead atoms. The largest absolute Gasteiger partial charge is 0.353 e. The molecule has 0 saturated heterocycles. The topological polar surface area (TPSA) is 92.9 Å². The SMILES string of the molecule is CC1(C)CC(=O)C2=C(C1)Nc1nonc1N[C@H]2c1cccc2cccnc12. The van der Waals surface area contributed by atoms with E-state index in [0.29, 0.717) is 18.1 Å². The Labute approximate surface area is 155 Å². The summed E-state index contributed by atoms with van der Waals surface area (Å²) in [6.45, 7) is 4.20. The number of aromatic nitrogens is 3. The lowest BCUT2D eigenvalue weighted by Crippen LogP contribution is -2.31. The fourth-order valence-electron chi connectivity index (χ4n) is 4.09. The van der Waals surface area contributed by atoms with Crippen LogP contribution >= 0.6 is 0 Å². The summed E-state index contributed by atoms with van der Waals surface area (Å²) in [5, 5.41) is 15.6. The van der Waals surface area contributed by atoms with Crippen molar-refractivity contribution in [2.24, 2.45) is 5.41 Å². The molecule has 2 N–H and O–H groups in total. The van der Waals surface area contributed by atoms with Gasteiger partial charge in [-0.2, -0.15) is 0 Å². The molecule has 1 aliphatic heterocycles. The summed E-state index contributed by atoms with van der Waals surface area (Å²) in [5.74, 6) is 1.12. The monoisotopic (exact) mass is 361 g/mol. The molecular formula is C20H19N5O2. The van der Waals surface area contributed by atoms with Crippen LogP contribution in [0, 0.1) is 5.41 Å². The maximum atomic E-state index is 13.2. The third kappa shape index (κ3) is 2.58. The minimum atomic E-state index is -0.372. The van der Waals surface area contributed by atoms with Gasteiger partial charge in [0.2, 0.25) is 11.6 Å². The molecule has 2 aliphatic rings. The zero-order chi connectivity index (χ0) is 18.6. The zero-order valence-electron chi connectivity index (χ0n) is 15.1. The molecular weight excluding hydrogens is 342 g/mol. The summed E-state index contributed by atoms with van der Waals surface area (Å²) in [4.78, 5) is 17.7. The van der Waals surface area contributed by atoms with E-state index < -0.39 is 0 Å². The summed E-state index contributed by atoms with van der Waals surface area (Å²) in [7, 11) is 0. The van der Waals surface area contributed by atoms with Crippen LogP contribution in [0.4, 0.5) is 11.6 Å². The quantitative estimate of drug-likeness (QED) is 0.680. The van der Waals surface area contributed by atoms with Crippen molar-refractivity contribution in [2.45, 2.75) is 32.7 Å². The van der Waals surface area contributed by atoms with Gasteiger partial charge < -0.3 is 10.6 Å². The molecule has 1 aromatic carbocycles. The van der Waals surface area contributed by atoms with Gasteiger partial charge in [0, 0.05) is 34.8 Å². The van der Waals surface area contributed by atoms with E-state index in [0.717, 1.165) is 34.2 Å². The molecule has 2 aromatic heterocycles. The van der Waals surface area contributed by atoms with Crippen LogP contribution in [0.1, 0.15) is 38.3 Å². The highest BCUT2D eigenvalue weighted by Crippen LogP contribution is 2.45. The van der Waals surface area contributed by atoms with Gasteiger partial charge in [0.1, 0.15) is 0 Å². The molecule has 27 heavy (non-hydrogen) atoms. The Morgan fingerprint density at radius 1 is 1.11 bits per heavy atom. The van der Waals surface area contributed by atoms with Crippen LogP contribution in [-0.4, -0.2) is 21.1 Å². The maximum Gasteiger partial charge on any atom is 0.219 e. The predicted molar refractivity (Wildman–Crippen MR) is 101 cm³/mol. The lowest BCUT2D eigenvalue weighted by molar-refractivity contribution is -0.118. The van der Waals surface area contributed by atoms with Crippen LogP contribution in [0.2, 0.25) is 0 Å². The smallest absolute Gasteiger partial charge is 0.219 e. The van der Waals surface area contributed by atoms with Crippen molar-refractivity contribution in [2.75, 3.05) is 10.6 Å². The van der Waals surface area contributed by atoms with Gasteiger partial charge in [-0.15, -0.1) is 0 Å². The number of allylic oxidation sites excluding steroid dienone is 1. The van der Waals surface area contributed by atoms with E-state index in [4.69, 9.17) is 4.63 Å². The Morgan fingerprint density at radius 3 is 2.81 bits per heavy atom. The van der Waals surface area contributed by atoms with Crippen molar-refractivity contribution in [3.05, 3.63) is 53.4 Å². The molecule has 3 heterocycles. The number of Topliss-reactive ketones (excluding diaryl/α,β-unsaturated/α-hetero) is 1. The second-order valence-electron chi connectivity index (χ2n) is 7.92. The first-order chi connectivity index (χ1) is 13.0. The summed E-state index contributed by atoms with van der Waals surface area (Å²) < 4.78 is 4.91. The fourth-order valence-corrected chi connectivity index (χ4v) is 4.09. The van der Waals surface area contributed by atoms with Crippen LogP contribution in [-0.2, 0) is 4.79 Å². The van der Waals surface area contributed by atoms with Gasteiger partial charge in [-0.3, -0.25) is 9.78 Å². The molecule has 1 atom stereocenters. The van der Waals surface area contributed by atoms with Crippen molar-refractivity contribution in [3.8, 4) is 0 Å². The van der Waals surface area contributed by atoms with Crippen LogP contribution in [0.5, 0.6) is 0 Å². The number of para-hydroxylation sites is 1. The second kappa shape index (κ2) is 5.64. The summed E-state index contributed by atoms with van der Waals surface area (Å²) >= 11 is 0. The number of fused-ring (bicyclic) bond motifs is 2. The Morgan fingerprint density at radius 2 is 1.93 bits per heavy atom. The lowest BCUT2D eigenvalue weighted by Gasteiger charge is -2.34. The lowest BCUT2D eigenvalue weighted by atomic mass is 9.73. The average molecular weight is 361 g/mol. The second-order valence-corrected chi connectivity index (χ2v) is 7.92. The van der Waals surface area contributed by atoms with Gasteiger partial charge in [-0.25, -0.2) is 4.63 Å². The van der Waals surface area contributed by atoms with Gasteiger partial charge in [-0.1, -0.05) is 38.1 Å². The molecule has 1 aliphatic carbocycles. The van der Waals surface area contributed by atoms with E-state index in [-0.39, 0.29) is 17.2 Å². The normalized spacial score (nSPS) is 21.1. The highest BCUT2D eigenvalue weighted by molar-refractivity contribution is 6.01. The molecule has 5 rings (SSSR count). The number of nitrogens with one attached hydrogen (secondary N) is 2. The average Bonchev–Trinajstić information content (AvgIpc) is 2.99. The fraction of sp³-hybridized carbons (Fsp3) is 0.300. The molecule has 0 unspecified atom stereocenters. The van der Waals surface area contributed by atoms with E-state index in [1.54, 1.807) is 6.20 Å². The predicted octanol–water partition coefficient (Wildman–Crippen LogP) is 3.84. The Kier molecular flexibility index (Phi) is 3.34. The molecule has 0 amide bonds. The molecule has 136 valence electrons. The van der Waals surface area contributed by atoms with Gasteiger partial charge in [-0.05, 0) is 28.2 Å². The number of carbonyl (C=O) groups excluding carboxylic acids is 1. The molecule has 3 aromatic rings. The van der Waals surface area contributed by atoms with Crippen LogP contribution in [0.15, 0.2) is 52.4 Å². The minimum Gasteiger partial charge on any atom is -0.353 e. The number of nitrogens with zero attached hydrogens (tertiary/aromatic N) is 3. The molecule has 0 saturated carbocycles. The number of pyridine rings is 1. The number of anilines is 2. The van der Waals surface area contributed by atoms with Crippen molar-refractivity contribution in [3.63, 3.8) is 0 Å². The molecule has 0 spiro atoms. The molecule has 7 heteroatoms. The number of benzene rings is 1. The zero-order valence-corrected chi connectivity index (χ0v) is 15.1. The van der Waals surface area contributed by atoms with Gasteiger partial charge >= 0.3 is 0 Å². The van der Waals surface area contributed by atoms with E-state index in [2.05, 4.69) is 39.8 Å². The highest BCUT2D eigenvalue weighted by Gasteiger charge is 2.40. The Bertz CT molecular complexity index is 1090. The van der Waals surface area contributed by atoms with Crippen molar-refractivity contribution < 1.29 is 9.42 Å². The Balaban J connectivity index is 1.75. The first-order valence-electron chi connectivity index (χ1n) is 8.98. The van der Waals surface area contributed by atoms with E-state index in [1.807, 2.05) is 30.3 Å². The van der Waals surface area contributed by atoms with E-state index >= 15 is 0 Å². The Hall–Kier alpha value is -3.22. The van der Waals surface area contributed by atoms with Crippen LogP contribution in [0.25, 0.3) is 10.9 Å². The summed E-state index contributed by atoms with van der Waals surface area (Å²) in [5.41, 5.74) is 3.28. The number of carbonyl (C=O) groups is 1. The number of hydrogen-bond donors (Lipinski definition) is 2. The van der Waals surface area contributed by atoms with E-state index in [1.165, 1.54) is 0 Å². The van der Waals surface area contributed by atoms with Crippen molar-refractivity contribution in [1.82, 2.24) is 15.3 Å². The third-order valence-corrected chi connectivity index (χ3v) is 5.22. The third-order valence-electron chi connectivity index (χ3n) is 5.22. The molecule has 0 radical (unpaired) electrons. The first-order valence-corrected chi connectivity index (χ1v) is 8.98. The minimum absolute atomic E-state index is 0.119. The molecule has 7 nitrogen and oxygen atoms in total. The summed E-state index contributed by atoms with van der Waals surface area (Å²) in [6.07, 6.45) is 3.01. The van der Waals surface area contributed by atoms with Gasteiger partial charge in [0.25, 0.3) is 0 Å². The van der Waals surface area contributed by atoms with Crippen molar-refractivity contribution >= 4 is 28.3 Å². The number of rotatable bonds is 1. The maximum absolute atomic E-state index is 13.2. The number of hydrogen-bond acceptors (Lipinski definition) is 7.